The molecule has 0 saturated heterocycles. The number of ether oxygens (including phenoxy) is 2. The van der Waals surface area contributed by atoms with Crippen LogP contribution in [0.1, 0.15) is 40.7 Å². The second kappa shape index (κ2) is 20.3. The van der Waals surface area contributed by atoms with E-state index in [1.54, 1.807) is 18.2 Å². The molecule has 2 aliphatic heterocycles. The number of rotatable bonds is 11. The van der Waals surface area contributed by atoms with Crippen molar-refractivity contribution in [3.05, 3.63) is 161 Å². The molecule has 0 fully saturated rings. The quantitative estimate of drug-likeness (QED) is 0.112. The van der Waals surface area contributed by atoms with Crippen molar-refractivity contribution < 1.29 is 41.1 Å². The molecule has 0 amide bonds. The summed E-state index contributed by atoms with van der Waals surface area (Å²) in [6, 6.07) is 35.0. The predicted octanol–water partition coefficient (Wildman–Crippen LogP) is 6.41. The summed E-state index contributed by atoms with van der Waals surface area (Å²) in [7, 11) is -3.94. The fraction of sp³-hybridized carbons (Fsp3) is 0.302. The number of hydrogen-bond donors (Lipinski definition) is 4. The van der Waals surface area contributed by atoms with Crippen LogP contribution in [0.2, 0.25) is 0 Å². The molecule has 9 nitrogen and oxygen atoms in total. The van der Waals surface area contributed by atoms with E-state index < -0.39 is 35.0 Å². The number of aryl methyl sites for hydroxylation is 3. The average molecular weight is 775 g/mol. The smallest absolute Gasteiger partial charge is 0.297 e. The van der Waals surface area contributed by atoms with Gasteiger partial charge in [0.25, 0.3) is 10.1 Å². The van der Waals surface area contributed by atoms with Gasteiger partial charge in [0.1, 0.15) is 47.5 Å². The van der Waals surface area contributed by atoms with E-state index in [4.69, 9.17) is 19.4 Å². The van der Waals surface area contributed by atoms with Crippen molar-refractivity contribution in [3.63, 3.8) is 0 Å². The third-order valence-corrected chi connectivity index (χ3v) is 10.5. The molecule has 292 valence electrons. The molecule has 0 saturated carbocycles. The Balaban J connectivity index is 0.000000177. The summed E-state index contributed by atoms with van der Waals surface area (Å²) in [4.78, 5) is 0.0377. The van der Waals surface area contributed by atoms with Crippen molar-refractivity contribution in [3.8, 4) is 11.5 Å². The van der Waals surface area contributed by atoms with E-state index in [0.29, 0.717) is 50.4 Å². The molecule has 0 aliphatic carbocycles. The molecular weight excluding hydrogens is 727 g/mol. The molecule has 55 heavy (non-hydrogen) atoms. The number of halogens is 2. The Morgan fingerprint density at radius 1 is 0.745 bits per heavy atom. The van der Waals surface area contributed by atoms with Crippen LogP contribution in [0, 0.1) is 18.6 Å². The molecule has 5 aromatic rings. The van der Waals surface area contributed by atoms with Crippen molar-refractivity contribution in [2.45, 2.75) is 75.0 Å². The fourth-order valence-corrected chi connectivity index (χ4v) is 6.97. The molecule has 12 heteroatoms. The molecule has 0 radical (unpaired) electrons. The molecule has 4 unspecified atom stereocenters. The maximum atomic E-state index is 13.2. The van der Waals surface area contributed by atoms with Gasteiger partial charge in [-0.2, -0.15) is 8.42 Å². The average Bonchev–Trinajstić information content (AvgIpc) is 3.21. The molecule has 7 rings (SSSR count). The summed E-state index contributed by atoms with van der Waals surface area (Å²) >= 11 is 0. The maximum absolute atomic E-state index is 13.2. The molecule has 0 spiro atoms. The van der Waals surface area contributed by atoms with E-state index in [9.17, 15) is 27.4 Å². The highest BCUT2D eigenvalue weighted by Crippen LogP contribution is 2.30. The van der Waals surface area contributed by atoms with E-state index in [1.807, 2.05) is 67.6 Å². The topological polar surface area (TPSA) is 140 Å². The highest BCUT2D eigenvalue weighted by molar-refractivity contribution is 7.86. The third kappa shape index (κ3) is 12.7. The lowest BCUT2D eigenvalue weighted by atomic mass is 9.99. The highest BCUT2D eigenvalue weighted by atomic mass is 32.2. The Hall–Kier alpha value is -4.69. The van der Waals surface area contributed by atoms with Crippen molar-refractivity contribution >= 4 is 10.1 Å². The number of nitrogens with one attached hydrogen (secondary N) is 1. The minimum atomic E-state index is -3.94. The van der Waals surface area contributed by atoms with Crippen LogP contribution in [-0.4, -0.2) is 56.2 Å². The lowest BCUT2D eigenvalue weighted by Crippen LogP contribution is -2.41. The largest absolute Gasteiger partial charge is 0.487 e. The summed E-state index contributed by atoms with van der Waals surface area (Å²) in [6.07, 6.45) is -0.129. The van der Waals surface area contributed by atoms with Gasteiger partial charge in [0.05, 0.1) is 11.5 Å². The van der Waals surface area contributed by atoms with Gasteiger partial charge in [-0.25, -0.2) is 8.78 Å². The van der Waals surface area contributed by atoms with E-state index in [-0.39, 0.29) is 22.6 Å². The summed E-state index contributed by atoms with van der Waals surface area (Å²) in [6.45, 7) is 3.27. The Kier molecular flexibility index (Phi) is 15.3. The second-order valence-corrected chi connectivity index (χ2v) is 15.0. The SMILES string of the molecule is Cc1ccc(S(=O)(=O)OCC(O)C2CCc3cc(F)ccc3O2)cc1.NCc1ccccc1.OC(CNCc1ccccc1)C1CCc2cc(F)ccc2O1. The van der Waals surface area contributed by atoms with Gasteiger partial charge in [0, 0.05) is 19.6 Å². The number of nitrogens with two attached hydrogens (primary N) is 1. The molecule has 2 aliphatic rings. The van der Waals surface area contributed by atoms with Gasteiger partial charge in [0.2, 0.25) is 0 Å². The van der Waals surface area contributed by atoms with Gasteiger partial charge >= 0.3 is 0 Å². The van der Waals surface area contributed by atoms with Crippen LogP contribution in [-0.2, 0) is 40.2 Å². The molecule has 0 bridgehead atoms. The van der Waals surface area contributed by atoms with Gasteiger partial charge < -0.3 is 30.7 Å². The number of aliphatic hydroxyl groups excluding tert-OH is 2. The van der Waals surface area contributed by atoms with E-state index in [1.165, 1.54) is 53.6 Å². The van der Waals surface area contributed by atoms with Crippen molar-refractivity contribution in [2.75, 3.05) is 13.2 Å². The summed E-state index contributed by atoms with van der Waals surface area (Å²) in [5, 5.41) is 23.7. The molecule has 5 aromatic carbocycles. The maximum Gasteiger partial charge on any atom is 0.297 e. The summed E-state index contributed by atoms with van der Waals surface area (Å²) in [5.74, 6) is 0.595. The first-order valence-electron chi connectivity index (χ1n) is 18.2. The van der Waals surface area contributed by atoms with Crippen molar-refractivity contribution in [1.29, 1.82) is 0 Å². The molecule has 5 N–H and O–H groups in total. The van der Waals surface area contributed by atoms with E-state index in [2.05, 4.69) is 5.32 Å². The van der Waals surface area contributed by atoms with E-state index in [0.717, 1.165) is 23.1 Å². The molecule has 4 atom stereocenters. The first-order valence-corrected chi connectivity index (χ1v) is 19.6. The lowest BCUT2D eigenvalue weighted by molar-refractivity contribution is -0.00207. The Bertz CT molecular complexity index is 2040. The zero-order valence-electron chi connectivity index (χ0n) is 30.7. The number of benzene rings is 5. The fourth-order valence-electron chi connectivity index (χ4n) is 6.04. The van der Waals surface area contributed by atoms with Crippen LogP contribution in [0.25, 0.3) is 0 Å². The molecule has 2 heterocycles. The predicted molar refractivity (Wildman–Crippen MR) is 207 cm³/mol. The standard InChI is InChI=1S/C18H20FNO2.C18H19FO5S.C7H9N/c19-15-7-9-17-14(10-15)6-8-18(22-17)16(21)12-20-11-13-4-2-1-3-5-13;1-12-2-6-15(7-3-12)25(21,22)23-11-16(20)18-8-4-13-10-14(19)5-9-17(13)24-18;8-6-7-4-2-1-3-5-7/h1-5,7,9-10,16,18,20-21H,6,8,11-12H2;2-3,5-7,9-10,16,18,20H,4,8,11H2,1H3;1-5H,6,8H2. The Morgan fingerprint density at radius 3 is 1.76 bits per heavy atom. The minimum Gasteiger partial charge on any atom is -0.487 e. The molecular formula is C43H48F2N2O7S. The van der Waals surface area contributed by atoms with Crippen molar-refractivity contribution in [1.82, 2.24) is 5.32 Å². The van der Waals surface area contributed by atoms with Crippen LogP contribution in [0.5, 0.6) is 11.5 Å². The van der Waals surface area contributed by atoms with Crippen LogP contribution < -0.4 is 20.5 Å². The van der Waals surface area contributed by atoms with Crippen LogP contribution >= 0.6 is 0 Å². The van der Waals surface area contributed by atoms with Gasteiger partial charge in [-0.05, 0) is 103 Å². The Labute approximate surface area is 321 Å². The zero-order chi connectivity index (χ0) is 39.2. The highest BCUT2D eigenvalue weighted by Gasteiger charge is 2.29. The second-order valence-electron chi connectivity index (χ2n) is 13.4. The Morgan fingerprint density at radius 2 is 1.25 bits per heavy atom. The van der Waals surface area contributed by atoms with E-state index >= 15 is 0 Å². The number of fused-ring (bicyclic) bond motifs is 2. The van der Waals surface area contributed by atoms with Crippen molar-refractivity contribution in [2.24, 2.45) is 5.73 Å². The first-order chi connectivity index (χ1) is 26.5. The van der Waals surface area contributed by atoms with Gasteiger partial charge in [-0.15, -0.1) is 0 Å². The van der Waals surface area contributed by atoms with Gasteiger partial charge in [-0.1, -0.05) is 78.4 Å². The van der Waals surface area contributed by atoms with Crippen LogP contribution in [0.4, 0.5) is 8.78 Å². The monoisotopic (exact) mass is 774 g/mol. The minimum absolute atomic E-state index is 0.0377. The third-order valence-electron chi connectivity index (χ3n) is 9.16. The first kappa shape index (κ1) is 41.5. The van der Waals surface area contributed by atoms with Gasteiger partial charge in [0.15, 0.2) is 0 Å². The summed E-state index contributed by atoms with van der Waals surface area (Å²) in [5.41, 5.74) is 10.3. The van der Waals surface area contributed by atoms with Crippen LogP contribution in [0.3, 0.4) is 0 Å². The zero-order valence-corrected chi connectivity index (χ0v) is 31.5. The number of hydrogen-bond acceptors (Lipinski definition) is 9. The van der Waals surface area contributed by atoms with Crippen LogP contribution in [0.15, 0.2) is 126 Å². The lowest BCUT2D eigenvalue weighted by Gasteiger charge is -2.29. The van der Waals surface area contributed by atoms with Gasteiger partial charge in [-0.3, -0.25) is 4.18 Å². The number of aliphatic hydroxyl groups is 2. The summed E-state index contributed by atoms with van der Waals surface area (Å²) < 4.78 is 67.1. The normalized spacial score (nSPS) is 17.0. The molecule has 0 aromatic heterocycles.